The van der Waals surface area contributed by atoms with E-state index >= 15 is 0 Å². The number of hydrogen-bond donors (Lipinski definition) is 0. The molecule has 2 rings (SSSR count). The van der Waals surface area contributed by atoms with Crippen LogP contribution in [0.4, 0.5) is 0 Å². The maximum atomic E-state index is 12.0. The van der Waals surface area contributed by atoms with Gasteiger partial charge in [-0.15, -0.1) is 0 Å². The molecule has 0 bridgehead atoms. The van der Waals surface area contributed by atoms with Gasteiger partial charge in [0.05, 0.1) is 17.5 Å². The highest BCUT2D eigenvalue weighted by Crippen LogP contribution is 2.20. The van der Waals surface area contributed by atoms with E-state index in [2.05, 4.69) is 4.90 Å². The molecule has 17 heavy (non-hydrogen) atoms. The molecule has 0 amide bonds. The lowest BCUT2D eigenvalue weighted by molar-refractivity contribution is -0.124. The van der Waals surface area contributed by atoms with Gasteiger partial charge in [0, 0.05) is 13.0 Å². The average molecular weight is 259 g/mol. The van der Waals surface area contributed by atoms with E-state index in [0.29, 0.717) is 25.2 Å². The lowest BCUT2D eigenvalue weighted by Gasteiger charge is -2.28. The smallest absolute Gasteiger partial charge is 0.151 e. The summed E-state index contributed by atoms with van der Waals surface area (Å²) in [6, 6.07) is -0.00852. The summed E-state index contributed by atoms with van der Waals surface area (Å²) in [5, 5.41) is 0. The standard InChI is InChI=1S/C12H21NO3S/c14-12-6-3-1-2-5-11(12)13-7-4-9-17(15,16)10-8-13/h11H,1-10H2. The van der Waals surface area contributed by atoms with Crippen LogP contribution in [0.15, 0.2) is 0 Å². The summed E-state index contributed by atoms with van der Waals surface area (Å²) in [7, 11) is -2.87. The molecule has 1 unspecified atom stereocenters. The number of nitrogens with zero attached hydrogens (tertiary/aromatic N) is 1. The van der Waals surface area contributed by atoms with Gasteiger partial charge in [0.1, 0.15) is 5.78 Å². The molecular weight excluding hydrogens is 238 g/mol. The van der Waals surface area contributed by atoms with Crippen LogP contribution < -0.4 is 0 Å². The number of carbonyl (C=O) groups is 1. The molecule has 1 aliphatic carbocycles. The number of carbonyl (C=O) groups excluding carboxylic acids is 1. The largest absolute Gasteiger partial charge is 0.298 e. The molecule has 2 fully saturated rings. The van der Waals surface area contributed by atoms with Crippen molar-refractivity contribution < 1.29 is 13.2 Å². The van der Waals surface area contributed by atoms with E-state index in [1.165, 1.54) is 0 Å². The molecule has 2 aliphatic rings. The van der Waals surface area contributed by atoms with Gasteiger partial charge in [0.2, 0.25) is 0 Å². The van der Waals surface area contributed by atoms with Crippen molar-refractivity contribution in [3.8, 4) is 0 Å². The molecule has 1 aliphatic heterocycles. The van der Waals surface area contributed by atoms with Gasteiger partial charge in [-0.1, -0.05) is 12.8 Å². The van der Waals surface area contributed by atoms with Crippen molar-refractivity contribution in [1.29, 1.82) is 0 Å². The van der Waals surface area contributed by atoms with Gasteiger partial charge >= 0.3 is 0 Å². The summed E-state index contributed by atoms with van der Waals surface area (Å²) >= 11 is 0. The second-order valence-corrected chi connectivity index (χ2v) is 7.43. The van der Waals surface area contributed by atoms with E-state index in [1.807, 2.05) is 0 Å². The van der Waals surface area contributed by atoms with E-state index < -0.39 is 9.84 Å². The third-order valence-electron chi connectivity index (χ3n) is 3.80. The second-order valence-electron chi connectivity index (χ2n) is 5.12. The van der Waals surface area contributed by atoms with Crippen LogP contribution in [-0.2, 0) is 14.6 Å². The molecule has 0 aromatic carbocycles. The predicted octanol–water partition coefficient (Wildman–Crippen LogP) is 1.01. The van der Waals surface area contributed by atoms with Gasteiger partial charge in [0.25, 0.3) is 0 Å². The Morgan fingerprint density at radius 3 is 2.65 bits per heavy atom. The summed E-state index contributed by atoms with van der Waals surface area (Å²) in [6.45, 7) is 1.30. The lowest BCUT2D eigenvalue weighted by atomic mass is 10.1. The van der Waals surface area contributed by atoms with Gasteiger partial charge < -0.3 is 0 Å². The maximum Gasteiger partial charge on any atom is 0.151 e. The van der Waals surface area contributed by atoms with Gasteiger partial charge in [-0.05, 0) is 25.8 Å². The Labute approximate surface area is 103 Å². The summed E-state index contributed by atoms with van der Waals surface area (Å²) < 4.78 is 23.1. The first-order chi connectivity index (χ1) is 8.08. The first-order valence-corrected chi connectivity index (χ1v) is 8.38. The SMILES string of the molecule is O=C1CCCCCC1N1CCCS(=O)(=O)CC1. The van der Waals surface area contributed by atoms with Gasteiger partial charge in [0.15, 0.2) is 9.84 Å². The Balaban J connectivity index is 2.03. The van der Waals surface area contributed by atoms with Gasteiger partial charge in [-0.3, -0.25) is 9.69 Å². The lowest BCUT2D eigenvalue weighted by Crippen LogP contribution is -2.42. The highest BCUT2D eigenvalue weighted by atomic mass is 32.2. The molecule has 0 spiro atoms. The maximum absolute atomic E-state index is 12.0. The minimum absolute atomic E-state index is 0.00852. The third-order valence-corrected chi connectivity index (χ3v) is 5.52. The summed E-state index contributed by atoms with van der Waals surface area (Å²) in [6.07, 6.45) is 5.49. The summed E-state index contributed by atoms with van der Waals surface area (Å²) in [5.74, 6) is 0.822. The van der Waals surface area contributed by atoms with Crippen molar-refractivity contribution in [3.05, 3.63) is 0 Å². The van der Waals surface area contributed by atoms with Gasteiger partial charge in [-0.2, -0.15) is 0 Å². The molecule has 1 heterocycles. The third kappa shape index (κ3) is 3.52. The van der Waals surface area contributed by atoms with Crippen LogP contribution in [0.25, 0.3) is 0 Å². The zero-order valence-corrected chi connectivity index (χ0v) is 11.0. The molecule has 1 saturated carbocycles. The normalized spacial score (nSPS) is 31.8. The van der Waals surface area contributed by atoms with E-state index in [9.17, 15) is 13.2 Å². The minimum Gasteiger partial charge on any atom is -0.298 e. The van der Waals surface area contributed by atoms with E-state index in [4.69, 9.17) is 0 Å². The van der Waals surface area contributed by atoms with Crippen molar-refractivity contribution in [1.82, 2.24) is 4.90 Å². The van der Waals surface area contributed by atoms with Crippen LogP contribution in [0.2, 0.25) is 0 Å². The van der Waals surface area contributed by atoms with Crippen molar-refractivity contribution >= 4 is 15.6 Å². The van der Waals surface area contributed by atoms with E-state index in [1.54, 1.807) is 0 Å². The second kappa shape index (κ2) is 5.48. The van der Waals surface area contributed by atoms with Crippen molar-refractivity contribution in [2.45, 2.75) is 44.6 Å². The molecule has 1 saturated heterocycles. The molecule has 0 aromatic rings. The zero-order valence-electron chi connectivity index (χ0n) is 10.2. The fourth-order valence-corrected chi connectivity index (χ4v) is 4.08. The first kappa shape index (κ1) is 13.0. The highest BCUT2D eigenvalue weighted by Gasteiger charge is 2.29. The molecule has 0 aromatic heterocycles. The highest BCUT2D eigenvalue weighted by molar-refractivity contribution is 7.91. The Morgan fingerprint density at radius 2 is 1.82 bits per heavy atom. The predicted molar refractivity (Wildman–Crippen MR) is 66.7 cm³/mol. The molecule has 4 nitrogen and oxygen atoms in total. The van der Waals surface area contributed by atoms with Crippen LogP contribution >= 0.6 is 0 Å². The quantitative estimate of drug-likeness (QED) is 0.659. The number of sulfone groups is 1. The number of hydrogen-bond acceptors (Lipinski definition) is 4. The Morgan fingerprint density at radius 1 is 1.00 bits per heavy atom. The number of Topliss-reactive ketones (excluding diaryl/α,β-unsaturated/α-hetero) is 1. The van der Waals surface area contributed by atoms with E-state index in [0.717, 1.165) is 32.2 Å². The molecule has 1 atom stereocenters. The van der Waals surface area contributed by atoms with Crippen LogP contribution in [-0.4, -0.2) is 49.7 Å². The monoisotopic (exact) mass is 259 g/mol. The fraction of sp³-hybridized carbons (Fsp3) is 0.917. The minimum atomic E-state index is -2.87. The number of ketones is 1. The van der Waals surface area contributed by atoms with Crippen LogP contribution in [0.1, 0.15) is 38.5 Å². The molecule has 0 N–H and O–H groups in total. The molecule has 5 heteroatoms. The Hall–Kier alpha value is -0.420. The topological polar surface area (TPSA) is 54.5 Å². The van der Waals surface area contributed by atoms with E-state index in [-0.39, 0.29) is 17.5 Å². The first-order valence-electron chi connectivity index (χ1n) is 6.56. The summed E-state index contributed by atoms with van der Waals surface area (Å²) in [5.41, 5.74) is 0. The molecule has 0 radical (unpaired) electrons. The molecule has 98 valence electrons. The zero-order chi connectivity index (χ0) is 12.3. The average Bonchev–Trinajstić information content (AvgIpc) is 2.57. The Kier molecular flexibility index (Phi) is 4.20. The Bertz CT molecular complexity index is 377. The summed E-state index contributed by atoms with van der Waals surface area (Å²) in [4.78, 5) is 14.1. The molecular formula is C12H21NO3S. The van der Waals surface area contributed by atoms with Crippen LogP contribution in [0.5, 0.6) is 0 Å². The van der Waals surface area contributed by atoms with Crippen molar-refractivity contribution in [3.63, 3.8) is 0 Å². The van der Waals surface area contributed by atoms with Crippen molar-refractivity contribution in [2.24, 2.45) is 0 Å². The van der Waals surface area contributed by atoms with Crippen molar-refractivity contribution in [2.75, 3.05) is 24.6 Å². The van der Waals surface area contributed by atoms with Crippen LogP contribution in [0.3, 0.4) is 0 Å². The van der Waals surface area contributed by atoms with Gasteiger partial charge in [-0.25, -0.2) is 8.42 Å². The fourth-order valence-electron chi connectivity index (χ4n) is 2.80. The van der Waals surface area contributed by atoms with Crippen LogP contribution in [0, 0.1) is 0 Å². The number of rotatable bonds is 1.